The Balaban J connectivity index is 2.30. The van der Waals surface area contributed by atoms with Gasteiger partial charge < -0.3 is 15.2 Å². The molecule has 0 fully saturated rings. The first-order valence-corrected chi connectivity index (χ1v) is 7.99. The van der Waals surface area contributed by atoms with Crippen LogP contribution in [-0.4, -0.2) is 33.3 Å². The van der Waals surface area contributed by atoms with Crippen LogP contribution in [0.15, 0.2) is 24.3 Å². The van der Waals surface area contributed by atoms with Crippen molar-refractivity contribution in [3.63, 3.8) is 0 Å². The maximum absolute atomic E-state index is 12.5. The van der Waals surface area contributed by atoms with Gasteiger partial charge in [0.2, 0.25) is 0 Å². The number of anilines is 1. The lowest BCUT2D eigenvalue weighted by Gasteiger charge is -2.15. The number of carboxylic acids is 1. The zero-order valence-electron chi connectivity index (χ0n) is 15.0. The summed E-state index contributed by atoms with van der Waals surface area (Å²) in [6.07, 6.45) is -0.121. The van der Waals surface area contributed by atoms with Crippen molar-refractivity contribution in [1.29, 1.82) is 0 Å². The Bertz CT molecular complexity index is 788. The van der Waals surface area contributed by atoms with Crippen LogP contribution in [0.2, 0.25) is 0 Å². The van der Waals surface area contributed by atoms with Crippen molar-refractivity contribution in [2.24, 2.45) is 0 Å². The number of ether oxygens (including phenoxy) is 1. The molecule has 7 heteroatoms. The summed E-state index contributed by atoms with van der Waals surface area (Å²) in [4.78, 5) is 23.7. The van der Waals surface area contributed by atoms with Crippen molar-refractivity contribution >= 4 is 17.6 Å². The number of H-pyrrole nitrogens is 1. The molecule has 0 unspecified atom stereocenters. The van der Waals surface area contributed by atoms with Gasteiger partial charge in [-0.15, -0.1) is 0 Å². The zero-order chi connectivity index (χ0) is 18.8. The molecule has 0 aliphatic rings. The van der Waals surface area contributed by atoms with Crippen LogP contribution in [0.25, 0.3) is 0 Å². The minimum atomic E-state index is -1.08. The van der Waals surface area contributed by atoms with Crippen molar-refractivity contribution in [1.82, 2.24) is 10.2 Å². The molecule has 1 heterocycles. The molecule has 0 saturated heterocycles. The lowest BCUT2D eigenvalue weighted by molar-refractivity contribution is 0.0696. The topological polar surface area (TPSA) is 104 Å². The summed E-state index contributed by atoms with van der Waals surface area (Å²) in [6.45, 7) is 9.72. The predicted octanol–water partition coefficient (Wildman–Crippen LogP) is 3.44. The van der Waals surface area contributed by atoms with Crippen LogP contribution in [0.1, 0.15) is 61.2 Å². The first kappa shape index (κ1) is 18.5. The number of benzene rings is 1. The Morgan fingerprint density at radius 1 is 1.24 bits per heavy atom. The monoisotopic (exact) mass is 345 g/mol. The number of aromatic amines is 1. The van der Waals surface area contributed by atoms with Crippen LogP contribution >= 0.6 is 0 Å². The summed E-state index contributed by atoms with van der Waals surface area (Å²) in [6, 6.07) is 6.01. The van der Waals surface area contributed by atoms with Gasteiger partial charge in [-0.2, -0.15) is 5.10 Å². The van der Waals surface area contributed by atoms with Crippen LogP contribution in [0.4, 0.5) is 5.69 Å². The second-order valence-corrected chi connectivity index (χ2v) is 7.05. The molecule has 134 valence electrons. The fourth-order valence-electron chi connectivity index (χ4n) is 2.13. The summed E-state index contributed by atoms with van der Waals surface area (Å²) in [5.74, 6) is -1.12. The minimum Gasteiger partial charge on any atom is -0.489 e. The lowest BCUT2D eigenvalue weighted by Crippen LogP contribution is -2.16. The highest BCUT2D eigenvalue weighted by molar-refractivity contribution is 6.04. The van der Waals surface area contributed by atoms with E-state index in [1.165, 1.54) is 18.2 Å². The number of aromatic carboxylic acids is 1. The van der Waals surface area contributed by atoms with Crippen LogP contribution in [0, 0.1) is 0 Å². The van der Waals surface area contributed by atoms with E-state index in [1.807, 2.05) is 34.6 Å². The number of carbonyl (C=O) groups excluding carboxylic acids is 1. The van der Waals surface area contributed by atoms with E-state index >= 15 is 0 Å². The molecule has 0 aliphatic carbocycles. The standard InChI is InChI=1S/C18H23N3O4/c1-10(2)25-14-7-6-11(17(23)24)8-12(14)19-16(22)13-9-15(21-20-13)18(3,4)5/h6-10H,1-5H3,(H,19,22)(H,20,21)(H,23,24). The van der Waals surface area contributed by atoms with Crippen LogP contribution in [-0.2, 0) is 5.41 Å². The third-order valence-electron chi connectivity index (χ3n) is 3.46. The molecule has 25 heavy (non-hydrogen) atoms. The molecule has 1 aromatic carbocycles. The fraction of sp³-hybridized carbons (Fsp3) is 0.389. The number of carboxylic acid groups (broad SMARTS) is 1. The van der Waals surface area contributed by atoms with Gasteiger partial charge in [0.1, 0.15) is 5.75 Å². The minimum absolute atomic E-state index is 0.0591. The maximum atomic E-state index is 12.5. The van der Waals surface area contributed by atoms with E-state index in [0.717, 1.165) is 5.69 Å². The summed E-state index contributed by atoms with van der Waals surface area (Å²) in [5, 5.41) is 18.7. The number of aromatic nitrogens is 2. The summed E-state index contributed by atoms with van der Waals surface area (Å²) in [5.41, 5.74) is 1.24. The Morgan fingerprint density at radius 2 is 1.92 bits per heavy atom. The number of nitrogens with one attached hydrogen (secondary N) is 2. The van der Waals surface area contributed by atoms with Gasteiger partial charge in [0.05, 0.1) is 17.4 Å². The number of nitrogens with zero attached hydrogens (tertiary/aromatic N) is 1. The van der Waals surface area contributed by atoms with Gasteiger partial charge in [-0.25, -0.2) is 4.79 Å². The number of amides is 1. The molecule has 0 saturated carbocycles. The van der Waals surface area contributed by atoms with Crippen molar-refractivity contribution in [3.8, 4) is 5.75 Å². The largest absolute Gasteiger partial charge is 0.489 e. The van der Waals surface area contributed by atoms with Crippen molar-refractivity contribution in [2.75, 3.05) is 5.32 Å². The average molecular weight is 345 g/mol. The third-order valence-corrected chi connectivity index (χ3v) is 3.46. The fourth-order valence-corrected chi connectivity index (χ4v) is 2.13. The summed E-state index contributed by atoms with van der Waals surface area (Å²) >= 11 is 0. The van der Waals surface area contributed by atoms with Gasteiger partial charge in [0.15, 0.2) is 5.69 Å². The lowest BCUT2D eigenvalue weighted by atomic mass is 9.92. The Labute approximate surface area is 146 Å². The molecule has 2 rings (SSSR count). The molecule has 0 atom stereocenters. The van der Waals surface area contributed by atoms with Crippen molar-refractivity contribution < 1.29 is 19.4 Å². The first-order chi connectivity index (χ1) is 11.6. The number of carbonyl (C=O) groups is 2. The number of hydrogen-bond acceptors (Lipinski definition) is 4. The molecule has 0 radical (unpaired) electrons. The molecule has 0 bridgehead atoms. The van der Waals surface area contributed by atoms with Gasteiger partial charge >= 0.3 is 5.97 Å². The summed E-state index contributed by atoms with van der Waals surface area (Å²) in [7, 11) is 0. The Morgan fingerprint density at radius 3 is 2.44 bits per heavy atom. The SMILES string of the molecule is CC(C)Oc1ccc(C(=O)O)cc1NC(=O)c1cc(C(C)(C)C)[nH]n1. The predicted molar refractivity (Wildman–Crippen MR) is 94.4 cm³/mol. The molecule has 7 nitrogen and oxygen atoms in total. The van der Waals surface area contributed by atoms with Crippen molar-refractivity contribution in [2.45, 2.75) is 46.1 Å². The van der Waals surface area contributed by atoms with E-state index in [0.29, 0.717) is 11.4 Å². The normalized spacial score (nSPS) is 11.4. The highest BCUT2D eigenvalue weighted by Gasteiger charge is 2.20. The van der Waals surface area contributed by atoms with Crippen LogP contribution < -0.4 is 10.1 Å². The van der Waals surface area contributed by atoms with Gasteiger partial charge in [0.25, 0.3) is 5.91 Å². The van der Waals surface area contributed by atoms with Gasteiger partial charge in [-0.3, -0.25) is 9.89 Å². The first-order valence-electron chi connectivity index (χ1n) is 7.99. The van der Waals surface area contributed by atoms with Crippen LogP contribution in [0.3, 0.4) is 0 Å². The molecule has 1 aromatic heterocycles. The number of hydrogen-bond donors (Lipinski definition) is 3. The molecule has 2 aromatic rings. The van der Waals surface area contributed by atoms with Crippen LogP contribution in [0.5, 0.6) is 5.75 Å². The molecule has 0 aliphatic heterocycles. The van der Waals surface area contributed by atoms with E-state index in [2.05, 4.69) is 15.5 Å². The van der Waals surface area contributed by atoms with Gasteiger partial charge in [0, 0.05) is 11.1 Å². The van der Waals surface area contributed by atoms with E-state index in [9.17, 15) is 9.59 Å². The molecular weight excluding hydrogens is 322 g/mol. The second kappa shape index (κ2) is 6.96. The highest BCUT2D eigenvalue weighted by atomic mass is 16.5. The smallest absolute Gasteiger partial charge is 0.335 e. The molecular formula is C18H23N3O4. The quantitative estimate of drug-likeness (QED) is 0.770. The molecule has 1 amide bonds. The van der Waals surface area contributed by atoms with E-state index < -0.39 is 11.9 Å². The highest BCUT2D eigenvalue weighted by Crippen LogP contribution is 2.28. The van der Waals surface area contributed by atoms with E-state index in [-0.39, 0.29) is 22.8 Å². The van der Waals surface area contributed by atoms with Gasteiger partial charge in [-0.1, -0.05) is 20.8 Å². The zero-order valence-corrected chi connectivity index (χ0v) is 15.0. The third kappa shape index (κ3) is 4.59. The summed E-state index contributed by atoms with van der Waals surface area (Å²) < 4.78 is 5.64. The molecule has 3 N–H and O–H groups in total. The average Bonchev–Trinajstić information content (AvgIpc) is 2.98. The number of rotatable bonds is 5. The maximum Gasteiger partial charge on any atom is 0.335 e. The van der Waals surface area contributed by atoms with Crippen molar-refractivity contribution in [3.05, 3.63) is 41.2 Å². The Hall–Kier alpha value is -2.83. The second-order valence-electron chi connectivity index (χ2n) is 7.05. The van der Waals surface area contributed by atoms with E-state index in [1.54, 1.807) is 6.07 Å². The van der Waals surface area contributed by atoms with Gasteiger partial charge in [-0.05, 0) is 38.1 Å². The Kier molecular flexibility index (Phi) is 5.15. The molecule has 0 spiro atoms. The van der Waals surface area contributed by atoms with E-state index in [4.69, 9.17) is 9.84 Å².